The molecule has 0 radical (unpaired) electrons. The first-order valence-corrected chi connectivity index (χ1v) is 16.3. The second-order valence-corrected chi connectivity index (χ2v) is 11.6. The summed E-state index contributed by atoms with van der Waals surface area (Å²) >= 11 is 0. The Morgan fingerprint density at radius 2 is 1.47 bits per heavy atom. The van der Waals surface area contributed by atoms with Crippen LogP contribution in [0.2, 0.25) is 0 Å². The molecule has 3 aromatic carbocycles. The van der Waals surface area contributed by atoms with Crippen molar-refractivity contribution in [2.75, 3.05) is 19.8 Å². The molecule has 0 aromatic heterocycles. The molecule has 8 heteroatoms. The Balaban J connectivity index is 1.42. The monoisotopic (exact) mass is 640 g/mol. The summed E-state index contributed by atoms with van der Waals surface area (Å²) < 4.78 is 11.4. The summed E-state index contributed by atoms with van der Waals surface area (Å²) in [6.45, 7) is 7.87. The molecule has 0 aliphatic rings. The Kier molecular flexibility index (Phi) is 16.6. The minimum atomic E-state index is -0.645. The number of carbonyl (C=O) groups excluding carboxylic acids is 3. The standard InChI is InChI=1S/C39H48N2O6/c1-3-5-8-18-34(25-30-14-9-6-10-15-30)39(45)46-24-23-40-38(44)33(13-4-2)27-37(43)41-35(28-42)26-31-19-21-36(22-20-31)47-29-32-16-11-7-12-17-32/h3-4,6-7,9-12,14-17,19-22,33-35,42H,1-2,5,8,13,18,23-29H2,(H,40,44)(H,41,43). The van der Waals surface area contributed by atoms with Crippen molar-refractivity contribution >= 4 is 17.8 Å². The van der Waals surface area contributed by atoms with Crippen molar-refractivity contribution in [1.29, 1.82) is 0 Å². The number of unbranched alkanes of at least 4 members (excludes halogenated alkanes) is 1. The number of hydrogen-bond donors (Lipinski definition) is 3. The number of esters is 1. The van der Waals surface area contributed by atoms with Crippen molar-refractivity contribution in [2.45, 2.75) is 57.6 Å². The zero-order valence-electron chi connectivity index (χ0n) is 27.2. The van der Waals surface area contributed by atoms with Crippen LogP contribution in [0.1, 0.15) is 48.8 Å². The van der Waals surface area contributed by atoms with Gasteiger partial charge in [0.05, 0.1) is 31.0 Å². The van der Waals surface area contributed by atoms with E-state index in [1.165, 1.54) is 0 Å². The fraction of sp³-hybridized carbons (Fsp3) is 0.359. The summed E-state index contributed by atoms with van der Waals surface area (Å²) in [5.41, 5.74) is 3.07. The highest BCUT2D eigenvalue weighted by atomic mass is 16.5. The van der Waals surface area contributed by atoms with Gasteiger partial charge in [0.15, 0.2) is 0 Å². The third kappa shape index (κ3) is 14.1. The van der Waals surface area contributed by atoms with Gasteiger partial charge >= 0.3 is 5.97 Å². The lowest BCUT2D eigenvalue weighted by Crippen LogP contribution is -2.42. The van der Waals surface area contributed by atoms with Gasteiger partial charge in [0, 0.05) is 6.42 Å². The molecule has 8 nitrogen and oxygen atoms in total. The van der Waals surface area contributed by atoms with Crippen molar-refractivity contribution in [3.63, 3.8) is 0 Å². The van der Waals surface area contributed by atoms with Crippen molar-refractivity contribution in [1.82, 2.24) is 10.6 Å². The van der Waals surface area contributed by atoms with Crippen molar-refractivity contribution < 1.29 is 29.0 Å². The molecule has 0 spiro atoms. The second kappa shape index (κ2) is 21.2. The van der Waals surface area contributed by atoms with Crippen LogP contribution in [0.25, 0.3) is 0 Å². The first-order chi connectivity index (χ1) is 22.9. The van der Waals surface area contributed by atoms with Crippen LogP contribution in [0.5, 0.6) is 5.75 Å². The van der Waals surface area contributed by atoms with Gasteiger partial charge in [-0.05, 0) is 67.3 Å². The SMILES string of the molecule is C=CCCCC(Cc1ccccc1)C(=O)OCCNC(=O)C(CC=C)CC(=O)NC(CO)Cc1ccc(OCc2ccccc2)cc1. The molecule has 3 aromatic rings. The van der Waals surface area contributed by atoms with E-state index in [0.29, 0.717) is 32.3 Å². The molecule has 0 heterocycles. The van der Waals surface area contributed by atoms with Crippen LogP contribution >= 0.6 is 0 Å². The number of hydrogen-bond acceptors (Lipinski definition) is 6. The summed E-state index contributed by atoms with van der Waals surface area (Å²) in [6.07, 6.45) is 7.03. The average Bonchev–Trinajstić information content (AvgIpc) is 3.09. The van der Waals surface area contributed by atoms with Crippen molar-refractivity contribution in [3.05, 3.63) is 127 Å². The molecule has 0 aliphatic carbocycles. The van der Waals surface area contributed by atoms with E-state index in [-0.39, 0.29) is 49.9 Å². The van der Waals surface area contributed by atoms with Crippen LogP contribution in [0.3, 0.4) is 0 Å². The summed E-state index contributed by atoms with van der Waals surface area (Å²) in [5, 5.41) is 15.6. The maximum Gasteiger partial charge on any atom is 0.309 e. The van der Waals surface area contributed by atoms with Gasteiger partial charge in [0.25, 0.3) is 0 Å². The average molecular weight is 641 g/mol. The highest BCUT2D eigenvalue weighted by Gasteiger charge is 2.23. The zero-order chi connectivity index (χ0) is 33.7. The highest BCUT2D eigenvalue weighted by molar-refractivity contribution is 5.86. The van der Waals surface area contributed by atoms with Crippen LogP contribution in [0.15, 0.2) is 110 Å². The van der Waals surface area contributed by atoms with Gasteiger partial charge in [-0.1, -0.05) is 84.9 Å². The molecule has 3 unspecified atom stereocenters. The molecular weight excluding hydrogens is 592 g/mol. The Bertz CT molecular complexity index is 1380. The fourth-order valence-electron chi connectivity index (χ4n) is 5.20. The Labute approximate surface area is 278 Å². The largest absolute Gasteiger partial charge is 0.489 e. The lowest BCUT2D eigenvalue weighted by molar-refractivity contribution is -0.149. The normalized spacial score (nSPS) is 12.6. The number of ether oxygens (including phenoxy) is 2. The summed E-state index contributed by atoms with van der Waals surface area (Å²) in [6, 6.07) is 26.7. The van der Waals surface area contributed by atoms with E-state index in [4.69, 9.17) is 9.47 Å². The third-order valence-electron chi connectivity index (χ3n) is 7.76. The van der Waals surface area contributed by atoms with Gasteiger partial charge < -0.3 is 25.2 Å². The van der Waals surface area contributed by atoms with Crippen LogP contribution in [0.4, 0.5) is 0 Å². The number of aliphatic hydroxyl groups excluding tert-OH is 1. The minimum Gasteiger partial charge on any atom is -0.489 e. The molecule has 0 aliphatic heterocycles. The Morgan fingerprint density at radius 1 is 0.809 bits per heavy atom. The number of rotatable bonds is 22. The molecule has 3 rings (SSSR count). The number of nitrogens with one attached hydrogen (secondary N) is 2. The molecule has 0 saturated carbocycles. The molecule has 0 fully saturated rings. The topological polar surface area (TPSA) is 114 Å². The fourth-order valence-corrected chi connectivity index (χ4v) is 5.20. The quantitative estimate of drug-likeness (QED) is 0.0733. The van der Waals surface area contributed by atoms with Gasteiger partial charge in [-0.25, -0.2) is 0 Å². The Hall–Kier alpha value is -4.69. The number of carbonyl (C=O) groups is 3. The summed E-state index contributed by atoms with van der Waals surface area (Å²) in [4.78, 5) is 38.7. The molecule has 3 atom stereocenters. The van der Waals surface area contributed by atoms with E-state index in [9.17, 15) is 19.5 Å². The predicted octanol–water partition coefficient (Wildman–Crippen LogP) is 5.74. The molecule has 3 N–H and O–H groups in total. The van der Waals surface area contributed by atoms with Crippen molar-refractivity contribution in [2.24, 2.45) is 11.8 Å². The van der Waals surface area contributed by atoms with Crippen LogP contribution in [0, 0.1) is 11.8 Å². The minimum absolute atomic E-state index is 0.0347. The van der Waals surface area contributed by atoms with E-state index in [1.54, 1.807) is 6.08 Å². The van der Waals surface area contributed by atoms with Gasteiger partial charge in [-0.2, -0.15) is 0 Å². The summed E-state index contributed by atoms with van der Waals surface area (Å²) in [7, 11) is 0. The van der Waals surface area contributed by atoms with Crippen molar-refractivity contribution in [3.8, 4) is 5.75 Å². The van der Waals surface area contributed by atoms with E-state index >= 15 is 0 Å². The Morgan fingerprint density at radius 3 is 2.11 bits per heavy atom. The lowest BCUT2D eigenvalue weighted by atomic mass is 9.94. The van der Waals surface area contributed by atoms with E-state index in [1.807, 2.05) is 91.0 Å². The van der Waals surface area contributed by atoms with E-state index < -0.39 is 12.0 Å². The first-order valence-electron chi connectivity index (χ1n) is 16.3. The first kappa shape index (κ1) is 36.8. The molecule has 2 amide bonds. The number of aliphatic hydroxyl groups is 1. The number of allylic oxidation sites excluding steroid dienone is 2. The lowest BCUT2D eigenvalue weighted by Gasteiger charge is -2.20. The maximum atomic E-state index is 12.9. The smallest absolute Gasteiger partial charge is 0.309 e. The van der Waals surface area contributed by atoms with E-state index in [0.717, 1.165) is 35.3 Å². The predicted molar refractivity (Wildman–Crippen MR) is 185 cm³/mol. The molecule has 0 bridgehead atoms. The molecule has 47 heavy (non-hydrogen) atoms. The van der Waals surface area contributed by atoms with Gasteiger partial charge in [-0.15, -0.1) is 13.2 Å². The molecule has 0 saturated heterocycles. The zero-order valence-corrected chi connectivity index (χ0v) is 27.2. The third-order valence-corrected chi connectivity index (χ3v) is 7.76. The highest BCUT2D eigenvalue weighted by Crippen LogP contribution is 2.18. The van der Waals surface area contributed by atoms with Crippen LogP contribution in [-0.2, 0) is 38.6 Å². The van der Waals surface area contributed by atoms with Gasteiger partial charge in [0.1, 0.15) is 19.0 Å². The van der Waals surface area contributed by atoms with Gasteiger partial charge in [-0.3, -0.25) is 14.4 Å². The van der Waals surface area contributed by atoms with Crippen LogP contribution in [-0.4, -0.2) is 48.7 Å². The molecule has 250 valence electrons. The number of benzene rings is 3. The van der Waals surface area contributed by atoms with E-state index in [2.05, 4.69) is 23.8 Å². The van der Waals surface area contributed by atoms with Crippen LogP contribution < -0.4 is 15.4 Å². The maximum absolute atomic E-state index is 12.9. The summed E-state index contributed by atoms with van der Waals surface area (Å²) in [5.74, 6) is -1.16. The molecular formula is C39H48N2O6. The second-order valence-electron chi connectivity index (χ2n) is 11.6. The van der Waals surface area contributed by atoms with Gasteiger partial charge in [0.2, 0.25) is 11.8 Å². The number of amides is 2.